The molecular weight excluding hydrogens is 395 g/mol. The molecule has 1 aliphatic heterocycles. The van der Waals surface area contributed by atoms with E-state index < -0.39 is 0 Å². The fourth-order valence-corrected chi connectivity index (χ4v) is 3.94. The first-order valence-corrected chi connectivity index (χ1v) is 10.7. The molecule has 0 aliphatic carbocycles. The predicted molar refractivity (Wildman–Crippen MR) is 117 cm³/mol. The third-order valence-electron chi connectivity index (χ3n) is 5.64. The van der Waals surface area contributed by atoms with Crippen LogP contribution in [0, 0.1) is 5.82 Å². The third kappa shape index (κ3) is 4.56. The van der Waals surface area contributed by atoms with E-state index in [0.717, 1.165) is 24.2 Å². The van der Waals surface area contributed by atoms with Gasteiger partial charge in [0.2, 0.25) is 5.95 Å². The average molecular weight is 420 g/mol. The molecule has 4 heterocycles. The minimum atomic E-state index is -0.254. The first-order chi connectivity index (χ1) is 15.2. The van der Waals surface area contributed by atoms with Crippen LogP contribution in [0.2, 0.25) is 0 Å². The Morgan fingerprint density at radius 1 is 0.968 bits per heavy atom. The molecule has 4 aromatic rings. The topological polar surface area (TPSA) is 76.7 Å². The number of piperidine rings is 1. The lowest BCUT2D eigenvalue weighted by Crippen LogP contribution is -2.32. The number of nitrogens with one attached hydrogen (secondary N) is 1. The van der Waals surface area contributed by atoms with E-state index in [0.29, 0.717) is 23.7 Å². The lowest BCUT2D eigenvalue weighted by Gasteiger charge is -2.26. The number of benzene rings is 1. The lowest BCUT2D eigenvalue weighted by atomic mass is 10.1. The largest absolute Gasteiger partial charge is 0.321 e. The zero-order chi connectivity index (χ0) is 21.0. The highest BCUT2D eigenvalue weighted by Crippen LogP contribution is 2.18. The second-order valence-corrected chi connectivity index (χ2v) is 7.89. The third-order valence-corrected chi connectivity index (χ3v) is 5.64. The van der Waals surface area contributed by atoms with Gasteiger partial charge in [-0.3, -0.25) is 4.68 Å². The van der Waals surface area contributed by atoms with Crippen molar-refractivity contribution in [2.45, 2.75) is 32.4 Å². The highest BCUT2D eigenvalue weighted by Gasteiger charge is 2.12. The molecule has 0 saturated carbocycles. The Kier molecular flexibility index (Phi) is 5.57. The Bertz CT molecular complexity index is 1160. The van der Waals surface area contributed by atoms with Crippen LogP contribution in [0.5, 0.6) is 0 Å². The molecule has 0 bridgehead atoms. The fraction of sp³-hybridized carbons (Fsp3) is 0.364. The van der Waals surface area contributed by atoms with Gasteiger partial charge in [0, 0.05) is 24.5 Å². The molecule has 0 unspecified atom stereocenters. The van der Waals surface area contributed by atoms with Gasteiger partial charge >= 0.3 is 0 Å². The summed E-state index contributed by atoms with van der Waals surface area (Å²) in [6, 6.07) is 6.69. The maximum absolute atomic E-state index is 14.0. The molecule has 9 heteroatoms. The number of hydrogen-bond acceptors (Lipinski definition) is 6. The second kappa shape index (κ2) is 8.81. The van der Waals surface area contributed by atoms with Crippen molar-refractivity contribution in [1.29, 1.82) is 0 Å². The molecule has 0 radical (unpaired) electrons. The molecule has 8 nitrogen and oxygen atoms in total. The molecule has 160 valence electrons. The molecule has 31 heavy (non-hydrogen) atoms. The first-order valence-electron chi connectivity index (χ1n) is 10.7. The van der Waals surface area contributed by atoms with Crippen LogP contribution in [0.4, 0.5) is 16.0 Å². The van der Waals surface area contributed by atoms with E-state index >= 15 is 0 Å². The van der Waals surface area contributed by atoms with Crippen LogP contribution < -0.4 is 5.32 Å². The van der Waals surface area contributed by atoms with Gasteiger partial charge in [-0.05, 0) is 32.0 Å². The zero-order valence-electron chi connectivity index (χ0n) is 17.3. The Morgan fingerprint density at radius 3 is 2.71 bits per heavy atom. The van der Waals surface area contributed by atoms with Gasteiger partial charge in [0.05, 0.1) is 36.6 Å². The number of aromatic nitrogens is 6. The molecule has 0 spiro atoms. The molecule has 0 amide bonds. The van der Waals surface area contributed by atoms with Crippen LogP contribution >= 0.6 is 0 Å². The van der Waals surface area contributed by atoms with Crippen LogP contribution in [-0.2, 0) is 13.1 Å². The number of fused-ring (bicyclic) bond motifs is 1. The summed E-state index contributed by atoms with van der Waals surface area (Å²) in [5, 5.41) is 12.8. The van der Waals surface area contributed by atoms with Crippen molar-refractivity contribution in [3.63, 3.8) is 0 Å². The van der Waals surface area contributed by atoms with Crippen LogP contribution in [-0.4, -0.2) is 54.1 Å². The lowest BCUT2D eigenvalue weighted by molar-refractivity contribution is 0.218. The van der Waals surface area contributed by atoms with Gasteiger partial charge in [0.1, 0.15) is 5.82 Å². The van der Waals surface area contributed by atoms with Crippen molar-refractivity contribution in [3.05, 3.63) is 60.4 Å². The van der Waals surface area contributed by atoms with Gasteiger partial charge in [-0.1, -0.05) is 24.6 Å². The van der Waals surface area contributed by atoms with Crippen molar-refractivity contribution >= 4 is 22.7 Å². The minimum absolute atomic E-state index is 0.254. The number of nitrogens with zero attached hydrogens (tertiary/aromatic N) is 7. The normalized spacial score (nSPS) is 14.9. The Hall–Kier alpha value is -3.33. The summed E-state index contributed by atoms with van der Waals surface area (Å²) in [4.78, 5) is 11.5. The standard InChI is InChI=1S/C22H25FN8/c23-20-7-3-2-6-17(20)15-31-21-18(13-26-31)12-24-22(28-21)27-19-14-25-30(16-19)11-10-29-8-4-1-5-9-29/h2-3,6-7,12-14,16H,1,4-5,8-11,15H2,(H,24,27,28). The monoisotopic (exact) mass is 420 g/mol. The van der Waals surface area contributed by atoms with Gasteiger partial charge in [-0.15, -0.1) is 0 Å². The Balaban J connectivity index is 1.27. The van der Waals surface area contributed by atoms with E-state index in [2.05, 4.69) is 30.4 Å². The van der Waals surface area contributed by atoms with Gasteiger partial charge < -0.3 is 10.2 Å². The molecule has 0 atom stereocenters. The maximum Gasteiger partial charge on any atom is 0.229 e. The molecule has 1 aliphatic rings. The molecule has 1 fully saturated rings. The van der Waals surface area contributed by atoms with E-state index in [9.17, 15) is 4.39 Å². The minimum Gasteiger partial charge on any atom is -0.321 e. The molecular formula is C22H25FN8. The van der Waals surface area contributed by atoms with E-state index in [1.807, 2.05) is 16.9 Å². The molecule has 3 aromatic heterocycles. The van der Waals surface area contributed by atoms with Crippen molar-refractivity contribution in [1.82, 2.24) is 34.4 Å². The van der Waals surface area contributed by atoms with Crippen LogP contribution in [0.1, 0.15) is 24.8 Å². The second-order valence-electron chi connectivity index (χ2n) is 7.89. The summed E-state index contributed by atoms with van der Waals surface area (Å²) in [5.41, 5.74) is 2.05. The summed E-state index contributed by atoms with van der Waals surface area (Å²) < 4.78 is 17.7. The molecule has 1 N–H and O–H groups in total. The van der Waals surface area contributed by atoms with E-state index in [-0.39, 0.29) is 5.82 Å². The van der Waals surface area contributed by atoms with E-state index in [1.54, 1.807) is 35.4 Å². The maximum atomic E-state index is 14.0. The van der Waals surface area contributed by atoms with Gasteiger partial charge in [0.15, 0.2) is 5.65 Å². The van der Waals surface area contributed by atoms with E-state index in [1.165, 1.54) is 38.4 Å². The number of likely N-dealkylation sites (tertiary alicyclic amines) is 1. The highest BCUT2D eigenvalue weighted by molar-refractivity contribution is 5.75. The Morgan fingerprint density at radius 2 is 1.84 bits per heavy atom. The van der Waals surface area contributed by atoms with Crippen LogP contribution in [0.3, 0.4) is 0 Å². The number of anilines is 2. The molecule has 1 aromatic carbocycles. The smallest absolute Gasteiger partial charge is 0.229 e. The average Bonchev–Trinajstić information content (AvgIpc) is 3.41. The van der Waals surface area contributed by atoms with Crippen molar-refractivity contribution in [2.24, 2.45) is 0 Å². The van der Waals surface area contributed by atoms with Crippen LogP contribution in [0.15, 0.2) is 49.1 Å². The van der Waals surface area contributed by atoms with Gasteiger partial charge in [-0.25, -0.2) is 14.1 Å². The molecule has 5 rings (SSSR count). The molecule has 1 saturated heterocycles. The van der Waals surface area contributed by atoms with Crippen molar-refractivity contribution in [2.75, 3.05) is 25.0 Å². The van der Waals surface area contributed by atoms with Gasteiger partial charge in [0.25, 0.3) is 0 Å². The first kappa shape index (κ1) is 19.6. The summed E-state index contributed by atoms with van der Waals surface area (Å²) in [7, 11) is 0. The van der Waals surface area contributed by atoms with E-state index in [4.69, 9.17) is 0 Å². The highest BCUT2D eigenvalue weighted by atomic mass is 19.1. The summed E-state index contributed by atoms with van der Waals surface area (Å²) in [6.07, 6.45) is 11.1. The number of hydrogen-bond donors (Lipinski definition) is 1. The number of halogens is 1. The zero-order valence-corrected chi connectivity index (χ0v) is 17.3. The number of rotatable bonds is 7. The SMILES string of the molecule is Fc1ccccc1Cn1ncc2cnc(Nc3cnn(CCN4CCCCC4)c3)nc21. The summed E-state index contributed by atoms with van der Waals surface area (Å²) >= 11 is 0. The quantitative estimate of drug-likeness (QED) is 0.494. The summed E-state index contributed by atoms with van der Waals surface area (Å²) in [6.45, 7) is 4.54. The van der Waals surface area contributed by atoms with Crippen molar-refractivity contribution in [3.8, 4) is 0 Å². The predicted octanol–water partition coefficient (Wildman–Crippen LogP) is 3.44. The Labute approximate surface area is 179 Å². The summed E-state index contributed by atoms with van der Waals surface area (Å²) in [5.74, 6) is 0.203. The van der Waals surface area contributed by atoms with Crippen molar-refractivity contribution < 1.29 is 4.39 Å². The fourth-order valence-electron chi connectivity index (χ4n) is 3.94. The van der Waals surface area contributed by atoms with Gasteiger partial charge in [-0.2, -0.15) is 15.2 Å². The van der Waals surface area contributed by atoms with Crippen LogP contribution in [0.25, 0.3) is 11.0 Å².